The first-order valence-corrected chi connectivity index (χ1v) is 11.6. The number of pyridine rings is 1. The average molecular weight is 466 g/mol. The molecular weight excluding hydrogens is 441 g/mol. The van der Waals surface area contributed by atoms with Gasteiger partial charge in [-0.25, -0.2) is 14.4 Å². The van der Waals surface area contributed by atoms with Crippen molar-refractivity contribution in [2.24, 2.45) is 4.99 Å². The maximum atomic E-state index is 13.5. The third-order valence-electron chi connectivity index (χ3n) is 5.84. The minimum atomic E-state index is -0.315. The molecular formula is C28H24FN5O. The molecule has 1 N–H and O–H groups in total. The van der Waals surface area contributed by atoms with Crippen molar-refractivity contribution >= 4 is 22.7 Å². The lowest BCUT2D eigenvalue weighted by Crippen LogP contribution is -2.24. The van der Waals surface area contributed by atoms with Crippen LogP contribution >= 0.6 is 0 Å². The van der Waals surface area contributed by atoms with E-state index in [0.29, 0.717) is 34.5 Å². The maximum absolute atomic E-state index is 13.5. The number of amides is 1. The SMILES string of the molecule is Cc1cncc(-c2nc3cc(C(=O)NCCCC4=NC=CC4)ccc3nc2-c2ccc(F)cc2)c1. The van der Waals surface area contributed by atoms with Gasteiger partial charge in [-0.1, -0.05) is 6.08 Å². The second kappa shape index (κ2) is 9.93. The van der Waals surface area contributed by atoms with E-state index in [9.17, 15) is 9.18 Å². The topological polar surface area (TPSA) is 80.1 Å². The Morgan fingerprint density at radius 3 is 2.54 bits per heavy atom. The Hall–Kier alpha value is -4.26. The highest BCUT2D eigenvalue weighted by molar-refractivity contribution is 5.98. The van der Waals surface area contributed by atoms with E-state index in [-0.39, 0.29) is 11.7 Å². The normalized spacial score (nSPS) is 12.7. The Balaban J connectivity index is 1.45. The molecule has 3 heterocycles. The summed E-state index contributed by atoms with van der Waals surface area (Å²) in [4.78, 5) is 31.1. The van der Waals surface area contributed by atoms with Crippen LogP contribution < -0.4 is 5.32 Å². The number of aryl methyl sites for hydroxylation is 1. The summed E-state index contributed by atoms with van der Waals surface area (Å²) in [5.41, 5.74) is 6.73. The van der Waals surface area contributed by atoms with Gasteiger partial charge in [0.2, 0.25) is 0 Å². The average Bonchev–Trinajstić information content (AvgIpc) is 3.39. The van der Waals surface area contributed by atoms with Crippen LogP contribution in [0.1, 0.15) is 35.2 Å². The zero-order chi connectivity index (χ0) is 24.2. The lowest BCUT2D eigenvalue weighted by atomic mass is 10.0. The van der Waals surface area contributed by atoms with Crippen LogP contribution in [0.4, 0.5) is 4.39 Å². The van der Waals surface area contributed by atoms with E-state index < -0.39 is 0 Å². The van der Waals surface area contributed by atoms with E-state index in [1.54, 1.807) is 42.7 Å². The first-order valence-electron chi connectivity index (χ1n) is 11.6. The highest BCUT2D eigenvalue weighted by atomic mass is 19.1. The predicted molar refractivity (Wildman–Crippen MR) is 136 cm³/mol. The molecule has 6 nitrogen and oxygen atoms in total. The predicted octanol–water partition coefficient (Wildman–Crippen LogP) is 5.67. The minimum Gasteiger partial charge on any atom is -0.352 e. The van der Waals surface area contributed by atoms with Gasteiger partial charge >= 0.3 is 0 Å². The molecule has 0 saturated carbocycles. The fourth-order valence-corrected chi connectivity index (χ4v) is 4.05. The van der Waals surface area contributed by atoms with E-state index in [1.165, 1.54) is 12.1 Å². The van der Waals surface area contributed by atoms with Crippen LogP contribution in [-0.2, 0) is 0 Å². The van der Waals surface area contributed by atoms with Gasteiger partial charge in [-0.3, -0.25) is 14.8 Å². The lowest BCUT2D eigenvalue weighted by Gasteiger charge is -2.12. The first-order chi connectivity index (χ1) is 17.1. The molecule has 0 bridgehead atoms. The monoisotopic (exact) mass is 465 g/mol. The summed E-state index contributed by atoms with van der Waals surface area (Å²) in [5.74, 6) is -0.466. The van der Waals surface area contributed by atoms with Crippen molar-refractivity contribution in [3.05, 3.63) is 90.1 Å². The molecule has 0 aliphatic carbocycles. The second-order valence-corrected chi connectivity index (χ2v) is 8.53. The summed E-state index contributed by atoms with van der Waals surface area (Å²) in [7, 11) is 0. The van der Waals surface area contributed by atoms with Crippen LogP contribution in [0.15, 0.2) is 78.2 Å². The quantitative estimate of drug-likeness (QED) is 0.356. The Kier molecular flexibility index (Phi) is 6.39. The van der Waals surface area contributed by atoms with Crippen LogP contribution in [-0.4, -0.2) is 33.1 Å². The van der Waals surface area contributed by atoms with Gasteiger partial charge in [0.1, 0.15) is 5.82 Å². The molecule has 35 heavy (non-hydrogen) atoms. The molecule has 4 aromatic rings. The number of allylic oxidation sites excluding steroid dienone is 1. The third kappa shape index (κ3) is 5.14. The number of nitrogens with one attached hydrogen (secondary N) is 1. The molecule has 0 atom stereocenters. The Morgan fingerprint density at radius 2 is 1.77 bits per heavy atom. The number of halogens is 1. The molecule has 7 heteroatoms. The summed E-state index contributed by atoms with van der Waals surface area (Å²) in [6, 6.07) is 13.5. The highest BCUT2D eigenvalue weighted by Gasteiger charge is 2.16. The molecule has 1 amide bonds. The van der Waals surface area contributed by atoms with Gasteiger partial charge in [-0.05, 0) is 73.9 Å². The number of carbonyl (C=O) groups is 1. The van der Waals surface area contributed by atoms with Crippen LogP contribution in [0, 0.1) is 12.7 Å². The summed E-state index contributed by atoms with van der Waals surface area (Å²) >= 11 is 0. The van der Waals surface area contributed by atoms with Crippen molar-refractivity contribution in [1.29, 1.82) is 0 Å². The number of aliphatic imine (C=N–C) groups is 1. The Bertz CT molecular complexity index is 1460. The number of aromatic nitrogens is 3. The molecule has 0 saturated heterocycles. The molecule has 1 aliphatic heterocycles. The summed E-state index contributed by atoms with van der Waals surface area (Å²) in [6.07, 6.45) is 9.97. The third-order valence-corrected chi connectivity index (χ3v) is 5.84. The van der Waals surface area contributed by atoms with Crippen LogP contribution in [0.3, 0.4) is 0 Å². The van der Waals surface area contributed by atoms with Crippen LogP contribution in [0.25, 0.3) is 33.5 Å². The van der Waals surface area contributed by atoms with Gasteiger partial charge in [0.05, 0.1) is 22.4 Å². The van der Waals surface area contributed by atoms with Crippen molar-refractivity contribution in [1.82, 2.24) is 20.3 Å². The van der Waals surface area contributed by atoms with Crippen molar-refractivity contribution in [2.45, 2.75) is 26.2 Å². The fraction of sp³-hybridized carbons (Fsp3) is 0.179. The van der Waals surface area contributed by atoms with Crippen molar-refractivity contribution < 1.29 is 9.18 Å². The van der Waals surface area contributed by atoms with Gasteiger partial charge in [0.25, 0.3) is 5.91 Å². The van der Waals surface area contributed by atoms with Crippen molar-refractivity contribution in [3.8, 4) is 22.5 Å². The minimum absolute atomic E-state index is 0.151. The van der Waals surface area contributed by atoms with Crippen LogP contribution in [0.2, 0.25) is 0 Å². The Morgan fingerprint density at radius 1 is 0.971 bits per heavy atom. The van der Waals surface area contributed by atoms with E-state index in [4.69, 9.17) is 9.97 Å². The molecule has 5 rings (SSSR count). The van der Waals surface area contributed by atoms with E-state index in [2.05, 4.69) is 15.3 Å². The highest BCUT2D eigenvalue weighted by Crippen LogP contribution is 2.31. The van der Waals surface area contributed by atoms with Gasteiger partial charge in [-0.15, -0.1) is 0 Å². The van der Waals surface area contributed by atoms with Crippen molar-refractivity contribution in [3.63, 3.8) is 0 Å². The molecule has 174 valence electrons. The molecule has 0 radical (unpaired) electrons. The largest absolute Gasteiger partial charge is 0.352 e. The number of fused-ring (bicyclic) bond motifs is 1. The number of hydrogen-bond donors (Lipinski definition) is 1. The molecule has 0 spiro atoms. The summed E-state index contributed by atoms with van der Waals surface area (Å²) < 4.78 is 13.5. The first kappa shape index (κ1) is 22.5. The number of nitrogens with zero attached hydrogens (tertiary/aromatic N) is 4. The van der Waals surface area contributed by atoms with Crippen molar-refractivity contribution in [2.75, 3.05) is 6.54 Å². The van der Waals surface area contributed by atoms with Gasteiger partial charge < -0.3 is 5.32 Å². The number of benzene rings is 2. The Labute approximate surface area is 202 Å². The van der Waals surface area contributed by atoms with E-state index in [0.717, 1.165) is 41.7 Å². The lowest BCUT2D eigenvalue weighted by molar-refractivity contribution is 0.0953. The van der Waals surface area contributed by atoms with E-state index in [1.807, 2.05) is 25.3 Å². The van der Waals surface area contributed by atoms with Gasteiger partial charge in [0.15, 0.2) is 0 Å². The van der Waals surface area contributed by atoms with Gasteiger partial charge in [-0.2, -0.15) is 0 Å². The maximum Gasteiger partial charge on any atom is 0.251 e. The van der Waals surface area contributed by atoms with Crippen LogP contribution in [0.5, 0.6) is 0 Å². The number of rotatable bonds is 7. The van der Waals surface area contributed by atoms with Gasteiger partial charge in [0, 0.05) is 54.0 Å². The second-order valence-electron chi connectivity index (χ2n) is 8.53. The summed E-state index contributed by atoms with van der Waals surface area (Å²) in [5, 5.41) is 2.98. The van der Waals surface area contributed by atoms with E-state index >= 15 is 0 Å². The fourth-order valence-electron chi connectivity index (χ4n) is 4.05. The standard InChI is InChI=1S/C28H24FN5O/c1-18-14-21(17-30-16-18)27-26(19-6-9-22(29)10-7-19)33-24-11-8-20(15-25(24)34-27)28(35)32-13-3-5-23-4-2-12-31-23/h2,6-12,14-17H,3-5,13H2,1H3,(H,32,35). The molecule has 0 unspecified atom stereocenters. The zero-order valence-electron chi connectivity index (χ0n) is 19.3. The summed E-state index contributed by atoms with van der Waals surface area (Å²) in [6.45, 7) is 2.53. The molecule has 0 fully saturated rings. The smallest absolute Gasteiger partial charge is 0.251 e. The molecule has 2 aromatic carbocycles. The molecule has 1 aliphatic rings. The number of hydrogen-bond acceptors (Lipinski definition) is 5. The zero-order valence-corrected chi connectivity index (χ0v) is 19.3. The number of carbonyl (C=O) groups excluding carboxylic acids is 1. The molecule has 2 aromatic heterocycles.